The van der Waals surface area contributed by atoms with E-state index in [1.165, 1.54) is 48.7 Å². The first kappa shape index (κ1) is 25.9. The number of hydrogen-bond donors (Lipinski definition) is 3. The van der Waals surface area contributed by atoms with Crippen molar-refractivity contribution in [2.45, 2.75) is 19.7 Å². The number of anilines is 3. The molecule has 0 aliphatic heterocycles. The normalized spacial score (nSPS) is 11.8. The molecule has 37 heavy (non-hydrogen) atoms. The van der Waals surface area contributed by atoms with Crippen molar-refractivity contribution in [1.29, 1.82) is 0 Å². The van der Waals surface area contributed by atoms with E-state index < -0.39 is 27.8 Å². The molecule has 0 radical (unpaired) electrons. The lowest BCUT2D eigenvalue weighted by molar-refractivity contribution is -0.106. The Bertz CT molecular complexity index is 1470. The van der Waals surface area contributed by atoms with Gasteiger partial charge in [-0.1, -0.05) is 18.2 Å². The molecule has 4 rings (SSSR count). The van der Waals surface area contributed by atoms with Crippen molar-refractivity contribution in [3.05, 3.63) is 78.0 Å². The van der Waals surface area contributed by atoms with Gasteiger partial charge in [-0.3, -0.25) is 14.8 Å². The van der Waals surface area contributed by atoms with E-state index in [1.807, 2.05) is 4.72 Å². The zero-order valence-corrected chi connectivity index (χ0v) is 20.0. The third-order valence-corrected chi connectivity index (χ3v) is 6.07. The predicted octanol–water partition coefficient (Wildman–Crippen LogP) is 4.94. The molecule has 0 unspecified atom stereocenters. The van der Waals surface area contributed by atoms with E-state index in [4.69, 9.17) is 4.74 Å². The van der Waals surface area contributed by atoms with Crippen molar-refractivity contribution in [3.8, 4) is 17.0 Å². The van der Waals surface area contributed by atoms with Gasteiger partial charge < -0.3 is 10.1 Å². The minimum absolute atomic E-state index is 0.0407. The number of nitrogens with one attached hydrogen (secondary N) is 3. The largest absolute Gasteiger partial charge is 0.487 e. The van der Waals surface area contributed by atoms with E-state index in [1.54, 1.807) is 19.2 Å². The summed E-state index contributed by atoms with van der Waals surface area (Å²) in [7, 11) is -4.76. The molecule has 2 aromatic carbocycles. The molecule has 3 N–H and O–H groups in total. The SMILES string of the molecule is Cc1cnc(Nc2cc(-c3ccc(NS(=O)(=O)CC(F)(F)F)c(OCc4ccc(F)cc4)c3)[nH]n2)cn1. The van der Waals surface area contributed by atoms with Crippen molar-refractivity contribution in [1.82, 2.24) is 20.2 Å². The number of ether oxygens (including phenoxy) is 1. The summed E-state index contributed by atoms with van der Waals surface area (Å²) >= 11 is 0. The monoisotopic (exact) mass is 536 g/mol. The van der Waals surface area contributed by atoms with Gasteiger partial charge in [-0.15, -0.1) is 0 Å². The number of hydrogen-bond acceptors (Lipinski definition) is 7. The highest BCUT2D eigenvalue weighted by Gasteiger charge is 2.35. The summed E-state index contributed by atoms with van der Waals surface area (Å²) in [6.07, 6.45) is -1.81. The molecule has 0 aliphatic rings. The van der Waals surface area contributed by atoms with Crippen molar-refractivity contribution in [2.75, 3.05) is 15.8 Å². The van der Waals surface area contributed by atoms with E-state index >= 15 is 0 Å². The third kappa shape index (κ3) is 7.39. The molecular weight excluding hydrogens is 516 g/mol. The molecule has 2 heterocycles. The van der Waals surface area contributed by atoms with Crippen molar-refractivity contribution < 1.29 is 30.7 Å². The Morgan fingerprint density at radius 3 is 2.43 bits per heavy atom. The lowest BCUT2D eigenvalue weighted by atomic mass is 10.1. The topological polar surface area (TPSA) is 122 Å². The molecular formula is C23H20F4N6O3S. The molecule has 0 saturated carbocycles. The average molecular weight is 537 g/mol. The summed E-state index contributed by atoms with van der Waals surface area (Å²) in [6.45, 7) is 1.70. The maximum absolute atomic E-state index is 13.2. The van der Waals surface area contributed by atoms with E-state index in [-0.39, 0.29) is 18.0 Å². The first-order chi connectivity index (χ1) is 17.5. The number of halogens is 4. The fourth-order valence-corrected chi connectivity index (χ4v) is 4.18. The Labute approximate surface area is 209 Å². The van der Waals surface area contributed by atoms with Gasteiger partial charge in [0.1, 0.15) is 24.0 Å². The Morgan fingerprint density at radius 1 is 1.00 bits per heavy atom. The quantitative estimate of drug-likeness (QED) is 0.259. The number of aromatic amines is 1. The van der Waals surface area contributed by atoms with Crippen LogP contribution in [0.5, 0.6) is 5.75 Å². The number of benzene rings is 2. The summed E-state index contributed by atoms with van der Waals surface area (Å²) in [5, 5.41) is 9.94. The van der Waals surface area contributed by atoms with Crippen LogP contribution in [0.15, 0.2) is 60.9 Å². The highest BCUT2D eigenvalue weighted by atomic mass is 32.2. The van der Waals surface area contributed by atoms with Gasteiger partial charge in [0, 0.05) is 11.6 Å². The number of sulfonamides is 1. The number of aryl methyl sites for hydroxylation is 1. The molecule has 14 heteroatoms. The van der Waals surface area contributed by atoms with Gasteiger partial charge in [0.2, 0.25) is 10.0 Å². The second-order valence-corrected chi connectivity index (χ2v) is 9.66. The molecule has 4 aromatic rings. The van der Waals surface area contributed by atoms with Gasteiger partial charge in [-0.2, -0.15) is 18.3 Å². The molecule has 0 amide bonds. The van der Waals surface area contributed by atoms with Crippen LogP contribution >= 0.6 is 0 Å². The zero-order chi connectivity index (χ0) is 26.6. The molecule has 0 spiro atoms. The Hall–Kier alpha value is -4.20. The first-order valence-electron chi connectivity index (χ1n) is 10.7. The predicted molar refractivity (Wildman–Crippen MR) is 128 cm³/mol. The minimum Gasteiger partial charge on any atom is -0.487 e. The molecule has 0 fully saturated rings. The Kier molecular flexibility index (Phi) is 7.29. The Balaban J connectivity index is 1.60. The van der Waals surface area contributed by atoms with Crippen LogP contribution in [0.1, 0.15) is 11.3 Å². The van der Waals surface area contributed by atoms with Gasteiger partial charge in [-0.25, -0.2) is 17.8 Å². The molecule has 0 saturated heterocycles. The molecule has 2 aromatic heterocycles. The summed E-state index contributed by atoms with van der Waals surface area (Å²) in [4.78, 5) is 8.32. The number of nitrogens with zero attached hydrogens (tertiary/aromatic N) is 3. The molecule has 9 nitrogen and oxygen atoms in total. The minimum atomic E-state index is -4.93. The fraction of sp³-hybridized carbons (Fsp3) is 0.174. The van der Waals surface area contributed by atoms with Crippen LogP contribution in [0.3, 0.4) is 0 Å². The van der Waals surface area contributed by atoms with Crippen LogP contribution in [0.2, 0.25) is 0 Å². The standard InChI is InChI=1S/C23H20F4N6O3S/c1-14-10-29-22(11-28-14)30-21-9-19(31-32-21)16-4-7-18(33-37(34,35)13-23(25,26)27)20(8-16)36-12-15-2-5-17(24)6-3-15/h2-11,33H,12-13H2,1H3,(H2,29,30,31,32). The number of alkyl halides is 3. The smallest absolute Gasteiger partial charge is 0.404 e. The third-order valence-electron chi connectivity index (χ3n) is 4.83. The van der Waals surface area contributed by atoms with Crippen molar-refractivity contribution in [3.63, 3.8) is 0 Å². The number of H-pyrrole nitrogens is 1. The highest BCUT2D eigenvalue weighted by Crippen LogP contribution is 2.33. The molecule has 0 atom stereocenters. The fourth-order valence-electron chi connectivity index (χ4n) is 3.18. The first-order valence-corrected chi connectivity index (χ1v) is 12.3. The second kappa shape index (κ2) is 10.4. The lowest BCUT2D eigenvalue weighted by Crippen LogP contribution is -2.28. The van der Waals surface area contributed by atoms with Gasteiger partial charge in [0.25, 0.3) is 0 Å². The highest BCUT2D eigenvalue weighted by molar-refractivity contribution is 7.92. The Morgan fingerprint density at radius 2 is 1.76 bits per heavy atom. The van der Waals surface area contributed by atoms with Crippen LogP contribution in [0, 0.1) is 12.7 Å². The van der Waals surface area contributed by atoms with Crippen molar-refractivity contribution in [2.24, 2.45) is 0 Å². The number of rotatable bonds is 9. The van der Waals surface area contributed by atoms with Crippen LogP contribution in [0.4, 0.5) is 34.9 Å². The maximum atomic E-state index is 13.2. The van der Waals surface area contributed by atoms with Crippen molar-refractivity contribution >= 4 is 27.3 Å². The molecule has 194 valence electrons. The van der Waals surface area contributed by atoms with E-state index in [2.05, 4.69) is 25.5 Å². The number of aromatic nitrogens is 4. The summed E-state index contributed by atoms with van der Waals surface area (Å²) in [5.74, 6) is -1.68. The average Bonchev–Trinajstić information content (AvgIpc) is 3.27. The van der Waals surface area contributed by atoms with Gasteiger partial charge in [0.15, 0.2) is 11.6 Å². The van der Waals surface area contributed by atoms with Crippen LogP contribution in [0.25, 0.3) is 11.3 Å². The maximum Gasteiger partial charge on any atom is 0.404 e. The summed E-state index contributed by atoms with van der Waals surface area (Å²) in [5.41, 5.74) is 2.11. The summed E-state index contributed by atoms with van der Waals surface area (Å²) in [6, 6.07) is 11.2. The zero-order valence-electron chi connectivity index (χ0n) is 19.2. The van der Waals surface area contributed by atoms with E-state index in [9.17, 15) is 26.0 Å². The second-order valence-electron chi connectivity index (χ2n) is 7.94. The van der Waals surface area contributed by atoms with Gasteiger partial charge in [0.05, 0.1) is 29.5 Å². The van der Waals surface area contributed by atoms with Gasteiger partial charge in [-0.05, 0) is 36.8 Å². The summed E-state index contributed by atoms with van der Waals surface area (Å²) < 4.78 is 83.1. The van der Waals surface area contributed by atoms with Gasteiger partial charge >= 0.3 is 6.18 Å². The van der Waals surface area contributed by atoms with Crippen LogP contribution in [-0.2, 0) is 16.6 Å². The van der Waals surface area contributed by atoms with Crippen LogP contribution in [-0.4, -0.2) is 40.5 Å². The van der Waals surface area contributed by atoms with E-state index in [0.29, 0.717) is 28.5 Å². The molecule has 0 aliphatic carbocycles. The van der Waals surface area contributed by atoms with Crippen LogP contribution < -0.4 is 14.8 Å². The molecule has 0 bridgehead atoms. The van der Waals surface area contributed by atoms with E-state index in [0.717, 1.165) is 5.69 Å². The lowest BCUT2D eigenvalue weighted by Gasteiger charge is -2.16.